The van der Waals surface area contributed by atoms with Gasteiger partial charge >= 0.3 is 0 Å². The highest BCUT2D eigenvalue weighted by Gasteiger charge is 2.08. The van der Waals surface area contributed by atoms with Crippen LogP contribution in [-0.2, 0) is 6.61 Å². The number of hydrogen-bond acceptors (Lipinski definition) is 2. The molecule has 0 aliphatic carbocycles. The average Bonchev–Trinajstić information content (AvgIpc) is 2.39. The number of hydrogen-bond donors (Lipinski definition) is 1. The molecule has 0 amide bonds. The summed E-state index contributed by atoms with van der Waals surface area (Å²) in [4.78, 5) is 0. The minimum Gasteiger partial charge on any atom is -0.486 e. The molecule has 2 aromatic rings. The lowest BCUT2D eigenvalue weighted by molar-refractivity contribution is 0.198. The second-order valence-corrected chi connectivity index (χ2v) is 4.65. The fourth-order valence-corrected chi connectivity index (χ4v) is 1.86. The van der Waals surface area contributed by atoms with Crippen LogP contribution in [0.4, 0.5) is 4.39 Å². The monoisotopic (exact) mass is 280 g/mol. The maximum atomic E-state index is 13.7. The summed E-state index contributed by atoms with van der Waals surface area (Å²) in [5, 5.41) is 9.94. The van der Waals surface area contributed by atoms with Crippen molar-refractivity contribution >= 4 is 11.6 Å². The zero-order valence-corrected chi connectivity index (χ0v) is 11.2. The molecule has 0 spiro atoms. The maximum Gasteiger partial charge on any atom is 0.165 e. The fourth-order valence-electron chi connectivity index (χ4n) is 1.66. The van der Waals surface area contributed by atoms with Crippen LogP contribution in [0.25, 0.3) is 0 Å². The van der Waals surface area contributed by atoms with Crippen LogP contribution >= 0.6 is 11.6 Å². The Labute approximate surface area is 116 Å². The normalized spacial score (nSPS) is 12.2. The molecule has 2 nitrogen and oxygen atoms in total. The van der Waals surface area contributed by atoms with E-state index in [-0.39, 0.29) is 12.4 Å². The van der Waals surface area contributed by atoms with Crippen molar-refractivity contribution in [2.75, 3.05) is 0 Å². The Balaban J connectivity index is 2.10. The summed E-state index contributed by atoms with van der Waals surface area (Å²) in [5.41, 5.74) is 1.31. The smallest absolute Gasteiger partial charge is 0.165 e. The van der Waals surface area contributed by atoms with E-state index in [0.29, 0.717) is 10.6 Å². The van der Waals surface area contributed by atoms with Gasteiger partial charge in [-0.05, 0) is 30.7 Å². The molecular formula is C15H14ClFO2. The molecule has 0 heterocycles. The van der Waals surface area contributed by atoms with Crippen molar-refractivity contribution in [2.45, 2.75) is 19.6 Å². The molecule has 0 fully saturated rings. The van der Waals surface area contributed by atoms with Crippen LogP contribution in [0.5, 0.6) is 5.75 Å². The van der Waals surface area contributed by atoms with Crippen molar-refractivity contribution in [3.8, 4) is 5.75 Å². The Morgan fingerprint density at radius 2 is 2.00 bits per heavy atom. The summed E-state index contributed by atoms with van der Waals surface area (Å²) in [5.74, 6) is -0.352. The van der Waals surface area contributed by atoms with E-state index in [0.717, 1.165) is 5.56 Å². The van der Waals surface area contributed by atoms with Gasteiger partial charge in [0.25, 0.3) is 0 Å². The average molecular weight is 281 g/mol. The van der Waals surface area contributed by atoms with Gasteiger partial charge in [0, 0.05) is 10.6 Å². The first kappa shape index (κ1) is 13.8. The minimum absolute atomic E-state index is 0.143. The predicted molar refractivity (Wildman–Crippen MR) is 72.8 cm³/mol. The molecule has 0 unspecified atom stereocenters. The Bertz CT molecular complexity index is 570. The summed E-state index contributed by atoms with van der Waals surface area (Å²) in [7, 11) is 0. The van der Waals surface area contributed by atoms with E-state index >= 15 is 0 Å². The molecule has 2 rings (SSSR count). The zero-order chi connectivity index (χ0) is 13.8. The van der Waals surface area contributed by atoms with Gasteiger partial charge < -0.3 is 9.84 Å². The Morgan fingerprint density at radius 1 is 1.26 bits per heavy atom. The lowest BCUT2D eigenvalue weighted by atomic mass is 10.1. The molecular weight excluding hydrogens is 267 g/mol. The molecule has 1 N–H and O–H groups in total. The van der Waals surface area contributed by atoms with Gasteiger partial charge in [0.05, 0.1) is 6.10 Å². The number of aliphatic hydroxyl groups excluding tert-OH is 1. The van der Waals surface area contributed by atoms with Crippen LogP contribution in [-0.4, -0.2) is 5.11 Å². The summed E-state index contributed by atoms with van der Waals surface area (Å²) in [6.07, 6.45) is -0.702. The van der Waals surface area contributed by atoms with Crippen LogP contribution in [0.15, 0.2) is 42.5 Å². The SMILES string of the molecule is C[C@@H](O)c1ccc(OCc2ccccc2Cl)c(F)c1. The van der Waals surface area contributed by atoms with Crippen LogP contribution < -0.4 is 4.74 Å². The van der Waals surface area contributed by atoms with E-state index in [1.54, 1.807) is 19.1 Å². The van der Waals surface area contributed by atoms with Crippen molar-refractivity contribution in [3.63, 3.8) is 0 Å². The van der Waals surface area contributed by atoms with Crippen molar-refractivity contribution in [2.24, 2.45) is 0 Å². The first-order valence-electron chi connectivity index (χ1n) is 5.91. The van der Waals surface area contributed by atoms with Crippen molar-refractivity contribution in [1.29, 1.82) is 0 Å². The molecule has 0 bridgehead atoms. The van der Waals surface area contributed by atoms with Crippen LogP contribution in [0.1, 0.15) is 24.2 Å². The topological polar surface area (TPSA) is 29.5 Å². The quantitative estimate of drug-likeness (QED) is 0.913. The number of benzene rings is 2. The van der Waals surface area contributed by atoms with Gasteiger partial charge in [-0.3, -0.25) is 0 Å². The fraction of sp³-hybridized carbons (Fsp3) is 0.200. The van der Waals surface area contributed by atoms with E-state index in [2.05, 4.69) is 0 Å². The van der Waals surface area contributed by atoms with Gasteiger partial charge in [0.1, 0.15) is 6.61 Å². The van der Waals surface area contributed by atoms with Crippen LogP contribution in [0, 0.1) is 5.82 Å². The van der Waals surface area contributed by atoms with E-state index in [4.69, 9.17) is 16.3 Å². The third-order valence-corrected chi connectivity index (χ3v) is 3.15. The van der Waals surface area contributed by atoms with Gasteiger partial charge in [0.15, 0.2) is 11.6 Å². The lowest BCUT2D eigenvalue weighted by Crippen LogP contribution is -1.99. The molecule has 0 saturated carbocycles. The Morgan fingerprint density at radius 3 is 2.63 bits per heavy atom. The first-order chi connectivity index (χ1) is 9.08. The minimum atomic E-state index is -0.702. The van der Waals surface area contributed by atoms with Crippen LogP contribution in [0.2, 0.25) is 5.02 Å². The number of rotatable bonds is 4. The summed E-state index contributed by atoms with van der Waals surface area (Å²) < 4.78 is 19.1. The largest absolute Gasteiger partial charge is 0.486 e. The second kappa shape index (κ2) is 6.04. The van der Waals surface area contributed by atoms with E-state index < -0.39 is 11.9 Å². The molecule has 0 saturated heterocycles. The van der Waals surface area contributed by atoms with E-state index in [1.807, 2.05) is 18.2 Å². The molecule has 0 aliphatic heterocycles. The summed E-state index contributed by atoms with van der Waals surface area (Å²) in [6, 6.07) is 11.7. The molecule has 0 radical (unpaired) electrons. The van der Waals surface area contributed by atoms with E-state index in [1.165, 1.54) is 12.1 Å². The van der Waals surface area contributed by atoms with Gasteiger partial charge in [-0.15, -0.1) is 0 Å². The summed E-state index contributed by atoms with van der Waals surface area (Å²) >= 11 is 5.99. The Kier molecular flexibility index (Phi) is 4.40. The lowest BCUT2D eigenvalue weighted by Gasteiger charge is -2.10. The van der Waals surface area contributed by atoms with E-state index in [9.17, 15) is 9.50 Å². The highest BCUT2D eigenvalue weighted by Crippen LogP contribution is 2.24. The standard InChI is InChI=1S/C15H14ClFO2/c1-10(18)11-6-7-15(14(17)8-11)19-9-12-4-2-3-5-13(12)16/h2-8,10,18H,9H2,1H3/t10-/m1/s1. The van der Waals surface area contributed by atoms with Gasteiger partial charge in [-0.2, -0.15) is 0 Å². The van der Waals surface area contributed by atoms with Gasteiger partial charge in [-0.1, -0.05) is 35.9 Å². The highest BCUT2D eigenvalue weighted by molar-refractivity contribution is 6.31. The number of aliphatic hydroxyl groups is 1. The first-order valence-corrected chi connectivity index (χ1v) is 6.29. The summed E-state index contributed by atoms with van der Waals surface area (Å²) in [6.45, 7) is 1.78. The maximum absolute atomic E-state index is 13.7. The second-order valence-electron chi connectivity index (χ2n) is 4.25. The molecule has 0 aromatic heterocycles. The molecule has 0 aliphatic rings. The molecule has 4 heteroatoms. The molecule has 2 aromatic carbocycles. The Hall–Kier alpha value is -1.58. The van der Waals surface area contributed by atoms with Crippen molar-refractivity contribution in [1.82, 2.24) is 0 Å². The van der Waals surface area contributed by atoms with Gasteiger partial charge in [-0.25, -0.2) is 4.39 Å². The zero-order valence-electron chi connectivity index (χ0n) is 10.4. The van der Waals surface area contributed by atoms with Gasteiger partial charge in [0.2, 0.25) is 0 Å². The molecule has 19 heavy (non-hydrogen) atoms. The van der Waals surface area contributed by atoms with Crippen molar-refractivity contribution < 1.29 is 14.2 Å². The molecule has 100 valence electrons. The molecule has 1 atom stereocenters. The third-order valence-electron chi connectivity index (χ3n) is 2.78. The highest BCUT2D eigenvalue weighted by atomic mass is 35.5. The van der Waals surface area contributed by atoms with Crippen LogP contribution in [0.3, 0.4) is 0 Å². The number of halogens is 2. The van der Waals surface area contributed by atoms with Crippen molar-refractivity contribution in [3.05, 3.63) is 64.4 Å². The number of ether oxygens (including phenoxy) is 1. The predicted octanol–water partition coefficient (Wildman–Crippen LogP) is 4.11. The third kappa shape index (κ3) is 3.46.